The maximum atomic E-state index is 10.0. The summed E-state index contributed by atoms with van der Waals surface area (Å²) in [5, 5.41) is 17.8. The van der Waals surface area contributed by atoms with Crippen LogP contribution in [0.4, 0.5) is 0 Å². The summed E-state index contributed by atoms with van der Waals surface area (Å²) in [7, 11) is -1.50. The fraction of sp³-hybridized carbons (Fsp3) is 0.222. The summed E-state index contributed by atoms with van der Waals surface area (Å²) in [5.41, 5.74) is 1.13. The van der Waals surface area contributed by atoms with Gasteiger partial charge >= 0.3 is 7.12 Å². The largest absolute Gasteiger partial charge is 0.488 e. The van der Waals surface area contributed by atoms with Crippen molar-refractivity contribution in [3.05, 3.63) is 29.8 Å². The molecule has 5 heteroatoms. The van der Waals surface area contributed by atoms with Crippen LogP contribution in [0.25, 0.3) is 0 Å². The van der Waals surface area contributed by atoms with Gasteiger partial charge < -0.3 is 10.0 Å². The number of isocyanates is 1. The van der Waals surface area contributed by atoms with E-state index in [9.17, 15) is 4.79 Å². The summed E-state index contributed by atoms with van der Waals surface area (Å²) < 4.78 is 0. The summed E-state index contributed by atoms with van der Waals surface area (Å²) >= 11 is 0. The molecule has 1 rings (SSSR count). The molecule has 14 heavy (non-hydrogen) atoms. The van der Waals surface area contributed by atoms with Gasteiger partial charge in [-0.25, -0.2) is 4.79 Å². The molecule has 2 N–H and O–H groups in total. The normalized spacial score (nSPS) is 11.6. The number of aliphatic imine (C=N–C) groups is 1. The smallest absolute Gasteiger partial charge is 0.423 e. The van der Waals surface area contributed by atoms with E-state index in [2.05, 4.69) is 4.99 Å². The van der Waals surface area contributed by atoms with Crippen LogP contribution in [0.1, 0.15) is 18.5 Å². The second-order valence-corrected chi connectivity index (χ2v) is 2.94. The van der Waals surface area contributed by atoms with Crippen LogP contribution >= 0.6 is 0 Å². The molecule has 1 unspecified atom stereocenters. The molecule has 0 bridgehead atoms. The summed E-state index contributed by atoms with van der Waals surface area (Å²) in [6, 6.07) is 6.31. The van der Waals surface area contributed by atoms with Crippen LogP contribution in [0.15, 0.2) is 29.3 Å². The zero-order valence-electron chi connectivity index (χ0n) is 7.71. The highest BCUT2D eigenvalue weighted by molar-refractivity contribution is 6.58. The molecule has 0 saturated carbocycles. The summed E-state index contributed by atoms with van der Waals surface area (Å²) in [6.45, 7) is 1.73. The van der Waals surface area contributed by atoms with Crippen molar-refractivity contribution in [1.29, 1.82) is 0 Å². The van der Waals surface area contributed by atoms with Crippen LogP contribution < -0.4 is 5.46 Å². The number of hydrogen-bond acceptors (Lipinski definition) is 4. The van der Waals surface area contributed by atoms with E-state index in [4.69, 9.17) is 10.0 Å². The van der Waals surface area contributed by atoms with Crippen LogP contribution in [0.3, 0.4) is 0 Å². The van der Waals surface area contributed by atoms with Crippen LogP contribution in [-0.2, 0) is 4.79 Å². The fourth-order valence-corrected chi connectivity index (χ4v) is 1.13. The van der Waals surface area contributed by atoms with Gasteiger partial charge in [0.1, 0.15) is 0 Å². The summed E-state index contributed by atoms with van der Waals surface area (Å²) in [6.07, 6.45) is 1.46. The van der Waals surface area contributed by atoms with Gasteiger partial charge in [-0.2, -0.15) is 4.99 Å². The molecule has 0 aliphatic carbocycles. The van der Waals surface area contributed by atoms with Crippen molar-refractivity contribution in [3.8, 4) is 0 Å². The SMILES string of the molecule is CC(N=C=O)c1cccc(B(O)O)c1. The van der Waals surface area contributed by atoms with Crippen LogP contribution in [0, 0.1) is 0 Å². The third-order valence-electron chi connectivity index (χ3n) is 1.94. The molecule has 0 aliphatic heterocycles. The van der Waals surface area contributed by atoms with Crippen molar-refractivity contribution in [2.75, 3.05) is 0 Å². The molecule has 0 radical (unpaired) electrons. The lowest BCUT2D eigenvalue weighted by molar-refractivity contribution is 0.425. The number of hydrogen-bond donors (Lipinski definition) is 2. The van der Waals surface area contributed by atoms with Gasteiger partial charge in [-0.3, -0.25) is 0 Å². The van der Waals surface area contributed by atoms with E-state index >= 15 is 0 Å². The molecule has 0 saturated heterocycles. The minimum absolute atomic E-state index is 0.314. The van der Waals surface area contributed by atoms with Crippen molar-refractivity contribution in [2.45, 2.75) is 13.0 Å². The highest BCUT2D eigenvalue weighted by Gasteiger charge is 2.12. The third-order valence-corrected chi connectivity index (χ3v) is 1.94. The molecule has 0 spiro atoms. The molecule has 0 amide bonds. The maximum Gasteiger partial charge on any atom is 0.488 e. The molecule has 0 heterocycles. The minimum atomic E-state index is -1.50. The van der Waals surface area contributed by atoms with Crippen molar-refractivity contribution in [2.24, 2.45) is 4.99 Å². The lowest BCUT2D eigenvalue weighted by Crippen LogP contribution is -2.29. The van der Waals surface area contributed by atoms with Crippen molar-refractivity contribution in [3.63, 3.8) is 0 Å². The topological polar surface area (TPSA) is 69.9 Å². The Bertz CT molecular complexity index is 361. The lowest BCUT2D eigenvalue weighted by Gasteiger charge is -2.06. The molecule has 0 aromatic heterocycles. The first-order chi connectivity index (χ1) is 6.65. The van der Waals surface area contributed by atoms with Crippen LogP contribution in [0.2, 0.25) is 0 Å². The van der Waals surface area contributed by atoms with Gasteiger partial charge in [0, 0.05) is 0 Å². The van der Waals surface area contributed by atoms with Gasteiger partial charge in [-0.1, -0.05) is 24.3 Å². The van der Waals surface area contributed by atoms with Gasteiger partial charge in [0.2, 0.25) is 6.08 Å². The van der Waals surface area contributed by atoms with Crippen LogP contribution in [-0.4, -0.2) is 23.2 Å². The van der Waals surface area contributed by atoms with E-state index in [1.807, 2.05) is 0 Å². The first-order valence-electron chi connectivity index (χ1n) is 4.18. The predicted octanol–water partition coefficient (Wildman–Crippen LogP) is -0.237. The van der Waals surface area contributed by atoms with Crippen molar-refractivity contribution in [1.82, 2.24) is 0 Å². The van der Waals surface area contributed by atoms with E-state index in [-0.39, 0.29) is 6.04 Å². The van der Waals surface area contributed by atoms with E-state index in [0.717, 1.165) is 5.56 Å². The zero-order valence-corrected chi connectivity index (χ0v) is 7.71. The molecule has 4 nitrogen and oxygen atoms in total. The molecule has 1 aromatic carbocycles. The number of benzene rings is 1. The summed E-state index contributed by atoms with van der Waals surface area (Å²) in [4.78, 5) is 13.5. The second-order valence-electron chi connectivity index (χ2n) is 2.94. The average Bonchev–Trinajstić information content (AvgIpc) is 2.18. The molecular weight excluding hydrogens is 181 g/mol. The molecule has 1 atom stereocenters. The van der Waals surface area contributed by atoms with Crippen LogP contribution in [0.5, 0.6) is 0 Å². The standard InChI is InChI=1S/C9H10BNO3/c1-7(11-6-12)8-3-2-4-9(5-8)10(13)14/h2-5,7,13-14H,1H3. The Balaban J connectivity index is 2.99. The fourth-order valence-electron chi connectivity index (χ4n) is 1.13. The molecule has 72 valence electrons. The Morgan fingerprint density at radius 1 is 1.50 bits per heavy atom. The molecular formula is C9H10BNO3. The molecule has 0 aliphatic rings. The van der Waals surface area contributed by atoms with Crippen molar-refractivity contribution < 1.29 is 14.8 Å². The van der Waals surface area contributed by atoms with Gasteiger partial charge in [-0.15, -0.1) is 0 Å². The Morgan fingerprint density at radius 3 is 2.79 bits per heavy atom. The number of carbonyl (C=O) groups excluding carboxylic acids is 1. The van der Waals surface area contributed by atoms with E-state index < -0.39 is 7.12 Å². The van der Waals surface area contributed by atoms with Gasteiger partial charge in [0.25, 0.3) is 0 Å². The van der Waals surface area contributed by atoms with Crippen molar-refractivity contribution >= 4 is 18.7 Å². The van der Waals surface area contributed by atoms with Gasteiger partial charge in [-0.05, 0) is 17.9 Å². The Hall–Kier alpha value is -1.42. The second kappa shape index (κ2) is 4.72. The Kier molecular flexibility index (Phi) is 3.59. The first kappa shape index (κ1) is 10.7. The van der Waals surface area contributed by atoms with Gasteiger partial charge in [0.15, 0.2) is 0 Å². The summed E-state index contributed by atoms with van der Waals surface area (Å²) in [5.74, 6) is 0. The third kappa shape index (κ3) is 2.54. The molecule has 1 aromatic rings. The zero-order chi connectivity index (χ0) is 10.6. The first-order valence-corrected chi connectivity index (χ1v) is 4.18. The van der Waals surface area contributed by atoms with E-state index in [0.29, 0.717) is 5.46 Å². The minimum Gasteiger partial charge on any atom is -0.423 e. The monoisotopic (exact) mass is 191 g/mol. The predicted molar refractivity (Wildman–Crippen MR) is 52.8 cm³/mol. The van der Waals surface area contributed by atoms with E-state index in [1.165, 1.54) is 6.08 Å². The maximum absolute atomic E-state index is 10.0. The quantitative estimate of drug-likeness (QED) is 0.393. The lowest BCUT2D eigenvalue weighted by atomic mass is 9.79. The highest BCUT2D eigenvalue weighted by Crippen LogP contribution is 2.13. The number of rotatable bonds is 3. The Labute approximate surface area is 82.1 Å². The van der Waals surface area contributed by atoms with E-state index in [1.54, 1.807) is 31.2 Å². The molecule has 0 fully saturated rings. The highest BCUT2D eigenvalue weighted by atomic mass is 16.4. The number of nitrogens with zero attached hydrogens (tertiary/aromatic N) is 1. The van der Waals surface area contributed by atoms with Gasteiger partial charge in [0.05, 0.1) is 6.04 Å². The Morgan fingerprint density at radius 2 is 2.21 bits per heavy atom. The average molecular weight is 191 g/mol.